The van der Waals surface area contributed by atoms with Gasteiger partial charge in [-0.2, -0.15) is 0 Å². The molecule has 5 nitrogen and oxygen atoms in total. The van der Waals surface area contributed by atoms with E-state index in [0.29, 0.717) is 26.5 Å². The highest BCUT2D eigenvalue weighted by atomic mass is 35.5. The molecule has 0 fully saturated rings. The molecule has 0 N–H and O–H groups in total. The van der Waals surface area contributed by atoms with Gasteiger partial charge in [0.2, 0.25) is 0 Å². The molecule has 0 saturated heterocycles. The maximum atomic E-state index is 13.5. The zero-order valence-electron chi connectivity index (χ0n) is 18.4. The fourth-order valence-electron chi connectivity index (χ4n) is 4.20. The van der Waals surface area contributed by atoms with Gasteiger partial charge in [0.25, 0.3) is 5.56 Å². The number of hydrogen-bond donors (Lipinski definition) is 0. The Labute approximate surface area is 194 Å². The lowest BCUT2D eigenvalue weighted by Crippen LogP contribution is -2.39. The quantitative estimate of drug-likeness (QED) is 0.378. The van der Waals surface area contributed by atoms with Crippen LogP contribution in [0.3, 0.4) is 0 Å². The van der Waals surface area contributed by atoms with Crippen LogP contribution in [-0.4, -0.2) is 14.9 Å². The summed E-state index contributed by atoms with van der Waals surface area (Å²) >= 11 is 7.50. The van der Waals surface area contributed by atoms with Crippen LogP contribution in [0.1, 0.15) is 38.8 Å². The Morgan fingerprint density at radius 3 is 2.34 bits per heavy atom. The van der Waals surface area contributed by atoms with Gasteiger partial charge in [0, 0.05) is 15.5 Å². The second-order valence-electron chi connectivity index (χ2n) is 7.97. The number of carbonyl (C=O) groups is 1. The number of thiophene rings is 1. The summed E-state index contributed by atoms with van der Waals surface area (Å²) < 4.78 is 2.52. The average molecular weight is 467 g/mol. The summed E-state index contributed by atoms with van der Waals surface area (Å²) in [5.74, 6) is -0.161. The van der Waals surface area contributed by atoms with Crippen molar-refractivity contribution in [2.24, 2.45) is 0 Å². The van der Waals surface area contributed by atoms with Crippen molar-refractivity contribution in [2.45, 2.75) is 40.7 Å². The Morgan fingerprint density at radius 1 is 1.03 bits per heavy atom. The minimum absolute atomic E-state index is 0.148. The SMILES string of the molecule is CCc1cc2c(=O)n(-c3cccc(Cl)c3)c(=O)n(CC(=O)c3c(C)cc(C)cc3C)c2s1. The van der Waals surface area contributed by atoms with Crippen LogP contribution in [0.4, 0.5) is 0 Å². The Morgan fingerprint density at radius 2 is 1.72 bits per heavy atom. The van der Waals surface area contributed by atoms with Gasteiger partial charge in [0.1, 0.15) is 4.83 Å². The number of ketones is 1. The molecule has 0 aliphatic carbocycles. The van der Waals surface area contributed by atoms with Gasteiger partial charge in [-0.1, -0.05) is 42.3 Å². The molecule has 0 saturated carbocycles. The van der Waals surface area contributed by atoms with Crippen molar-refractivity contribution in [3.05, 3.63) is 95.5 Å². The fraction of sp³-hybridized carbons (Fsp3) is 0.240. The number of fused-ring (bicyclic) bond motifs is 1. The van der Waals surface area contributed by atoms with Crippen LogP contribution in [0.25, 0.3) is 15.9 Å². The van der Waals surface area contributed by atoms with Gasteiger partial charge in [-0.3, -0.25) is 14.2 Å². The Bertz CT molecular complexity index is 1470. The number of aryl methyl sites for hydroxylation is 4. The van der Waals surface area contributed by atoms with Gasteiger partial charge in [0.05, 0.1) is 17.6 Å². The maximum absolute atomic E-state index is 13.5. The molecular formula is C25H23ClN2O3S. The highest BCUT2D eigenvalue weighted by Gasteiger charge is 2.21. The van der Waals surface area contributed by atoms with Crippen molar-refractivity contribution in [1.29, 1.82) is 0 Å². The van der Waals surface area contributed by atoms with Crippen LogP contribution in [-0.2, 0) is 13.0 Å². The molecule has 0 aliphatic rings. The van der Waals surface area contributed by atoms with Crippen LogP contribution in [0, 0.1) is 20.8 Å². The summed E-state index contributed by atoms with van der Waals surface area (Å²) in [7, 11) is 0. The molecule has 4 rings (SSSR count). The lowest BCUT2D eigenvalue weighted by Gasteiger charge is -2.14. The largest absolute Gasteiger partial charge is 0.337 e. The van der Waals surface area contributed by atoms with Crippen LogP contribution >= 0.6 is 22.9 Å². The normalized spacial score (nSPS) is 11.3. The van der Waals surface area contributed by atoms with Crippen molar-refractivity contribution in [3.8, 4) is 5.69 Å². The van der Waals surface area contributed by atoms with Crippen molar-refractivity contribution < 1.29 is 4.79 Å². The van der Waals surface area contributed by atoms with E-state index in [1.807, 2.05) is 45.9 Å². The Hall–Kier alpha value is -2.96. The van der Waals surface area contributed by atoms with E-state index in [-0.39, 0.29) is 12.3 Å². The number of hydrogen-bond acceptors (Lipinski definition) is 4. The molecule has 0 unspecified atom stereocenters. The molecule has 2 aromatic heterocycles. The van der Waals surface area contributed by atoms with E-state index in [4.69, 9.17) is 11.6 Å². The van der Waals surface area contributed by atoms with Gasteiger partial charge < -0.3 is 0 Å². The number of carbonyl (C=O) groups excluding carboxylic acids is 1. The summed E-state index contributed by atoms with van der Waals surface area (Å²) in [5, 5.41) is 0.846. The lowest BCUT2D eigenvalue weighted by atomic mass is 9.96. The predicted octanol–water partition coefficient (Wildman–Crippen LogP) is 5.24. The summed E-state index contributed by atoms with van der Waals surface area (Å²) in [6.45, 7) is 7.64. The highest BCUT2D eigenvalue weighted by Crippen LogP contribution is 2.25. The first-order chi connectivity index (χ1) is 15.2. The number of halogens is 1. The van der Waals surface area contributed by atoms with Crippen LogP contribution in [0.15, 0.2) is 52.1 Å². The maximum Gasteiger partial charge on any atom is 0.337 e. The third kappa shape index (κ3) is 3.85. The smallest absolute Gasteiger partial charge is 0.292 e. The zero-order chi connectivity index (χ0) is 23.2. The highest BCUT2D eigenvalue weighted by molar-refractivity contribution is 7.18. The Kier molecular flexibility index (Phi) is 5.93. The molecular weight excluding hydrogens is 444 g/mol. The fourth-order valence-corrected chi connectivity index (χ4v) is 5.46. The minimum Gasteiger partial charge on any atom is -0.292 e. The van der Waals surface area contributed by atoms with Crippen molar-refractivity contribution >= 4 is 38.9 Å². The number of benzene rings is 2. The molecule has 0 spiro atoms. The third-order valence-corrected chi connectivity index (χ3v) is 7.07. The van der Waals surface area contributed by atoms with E-state index in [0.717, 1.165) is 32.6 Å². The molecule has 32 heavy (non-hydrogen) atoms. The standard InChI is InChI=1S/C25H23ClN2O3S/c1-5-19-12-20-23(30)28(18-8-6-7-17(26)11-18)25(31)27(24(20)32-19)13-21(29)22-15(3)9-14(2)10-16(22)4/h6-12H,5,13H2,1-4H3. The molecule has 0 amide bonds. The monoisotopic (exact) mass is 466 g/mol. The van der Waals surface area contributed by atoms with Crippen molar-refractivity contribution in [2.75, 3.05) is 0 Å². The van der Waals surface area contributed by atoms with Crippen LogP contribution < -0.4 is 11.2 Å². The molecule has 4 aromatic rings. The van der Waals surface area contributed by atoms with Gasteiger partial charge in [-0.05, 0) is 62.6 Å². The number of nitrogens with zero attached hydrogens (tertiary/aromatic N) is 2. The minimum atomic E-state index is -0.551. The average Bonchev–Trinajstić information content (AvgIpc) is 3.15. The van der Waals surface area contributed by atoms with Crippen LogP contribution in [0.5, 0.6) is 0 Å². The second-order valence-corrected chi connectivity index (χ2v) is 9.52. The van der Waals surface area contributed by atoms with Gasteiger partial charge in [-0.25, -0.2) is 9.36 Å². The topological polar surface area (TPSA) is 61.1 Å². The molecule has 0 radical (unpaired) electrons. The van der Waals surface area contributed by atoms with E-state index >= 15 is 0 Å². The van der Waals surface area contributed by atoms with Crippen LogP contribution in [0.2, 0.25) is 5.02 Å². The van der Waals surface area contributed by atoms with E-state index in [9.17, 15) is 14.4 Å². The summed E-state index contributed by atoms with van der Waals surface area (Å²) in [4.78, 5) is 41.7. The van der Waals surface area contributed by atoms with E-state index < -0.39 is 11.2 Å². The van der Waals surface area contributed by atoms with E-state index in [1.54, 1.807) is 24.3 Å². The molecule has 2 heterocycles. The molecule has 164 valence electrons. The zero-order valence-corrected chi connectivity index (χ0v) is 19.9. The summed E-state index contributed by atoms with van der Waals surface area (Å²) in [6.07, 6.45) is 0.730. The number of rotatable bonds is 5. The Balaban J connectivity index is 1.97. The van der Waals surface area contributed by atoms with E-state index in [1.165, 1.54) is 15.9 Å². The number of aromatic nitrogens is 2. The summed E-state index contributed by atoms with van der Waals surface area (Å²) in [5.41, 5.74) is 2.86. The van der Waals surface area contributed by atoms with Gasteiger partial charge in [-0.15, -0.1) is 11.3 Å². The first-order valence-corrected chi connectivity index (χ1v) is 11.6. The number of Topliss-reactive ketones (excluding diaryl/α,β-unsaturated/α-hetero) is 1. The first-order valence-electron chi connectivity index (χ1n) is 10.4. The molecule has 0 aliphatic heterocycles. The predicted molar refractivity (Wildman–Crippen MR) is 131 cm³/mol. The molecule has 0 bridgehead atoms. The van der Waals surface area contributed by atoms with Crippen molar-refractivity contribution in [1.82, 2.24) is 9.13 Å². The van der Waals surface area contributed by atoms with Crippen molar-refractivity contribution in [3.63, 3.8) is 0 Å². The molecule has 2 aromatic carbocycles. The van der Waals surface area contributed by atoms with E-state index in [2.05, 4.69) is 0 Å². The van der Waals surface area contributed by atoms with Gasteiger partial charge >= 0.3 is 5.69 Å². The lowest BCUT2D eigenvalue weighted by molar-refractivity contribution is 0.0970. The molecule has 0 atom stereocenters. The molecule has 7 heteroatoms. The third-order valence-electron chi connectivity index (χ3n) is 5.54. The summed E-state index contributed by atoms with van der Waals surface area (Å²) in [6, 6.07) is 12.3. The van der Waals surface area contributed by atoms with Gasteiger partial charge in [0.15, 0.2) is 5.78 Å². The first kappa shape index (κ1) is 22.2. The second kappa shape index (κ2) is 8.52.